The Morgan fingerprint density at radius 3 is 2.89 bits per heavy atom. The van der Waals surface area contributed by atoms with Gasteiger partial charge >= 0.3 is 5.97 Å². The number of rotatable bonds is 4. The molecule has 0 aliphatic carbocycles. The number of carbonyl (C=O) groups excluding carboxylic acids is 1. The summed E-state index contributed by atoms with van der Waals surface area (Å²) in [5.74, 6) is 0.821. The maximum atomic E-state index is 11.4. The van der Waals surface area contributed by atoms with E-state index >= 15 is 0 Å². The second-order valence-corrected chi connectivity index (χ2v) is 4.09. The predicted octanol–water partition coefficient (Wildman–Crippen LogP) is 2.34. The molecule has 6 heteroatoms. The van der Waals surface area contributed by atoms with Gasteiger partial charge in [-0.3, -0.25) is 0 Å². The second-order valence-electron chi connectivity index (χ2n) is 4.09. The highest BCUT2D eigenvalue weighted by molar-refractivity contribution is 5.85. The lowest BCUT2D eigenvalue weighted by Crippen LogP contribution is -2.13. The van der Waals surface area contributed by atoms with Gasteiger partial charge in [0.15, 0.2) is 0 Å². The van der Waals surface area contributed by atoms with Gasteiger partial charge in [0.2, 0.25) is 5.82 Å². The first-order chi connectivity index (χ1) is 9.10. The predicted molar refractivity (Wildman–Crippen MR) is 68.9 cm³/mol. The summed E-state index contributed by atoms with van der Waals surface area (Å²) in [6.45, 7) is 3.73. The Labute approximate surface area is 110 Å². The third-order valence-electron chi connectivity index (χ3n) is 2.56. The Kier molecular flexibility index (Phi) is 3.79. The molecule has 0 bridgehead atoms. The first-order valence-electron chi connectivity index (χ1n) is 5.84. The zero-order chi connectivity index (χ0) is 13.8. The number of nitrogens with one attached hydrogen (secondary N) is 1. The average molecular weight is 261 g/mol. The van der Waals surface area contributed by atoms with Gasteiger partial charge in [0.25, 0.3) is 0 Å². The minimum absolute atomic E-state index is 0.0386. The third-order valence-corrected chi connectivity index (χ3v) is 2.56. The number of anilines is 1. The Morgan fingerprint density at radius 1 is 1.47 bits per heavy atom. The molecule has 0 aliphatic rings. The van der Waals surface area contributed by atoms with Crippen LogP contribution in [0, 0.1) is 6.92 Å². The van der Waals surface area contributed by atoms with E-state index in [2.05, 4.69) is 20.0 Å². The first-order valence-corrected chi connectivity index (χ1v) is 5.84. The molecule has 2 rings (SSSR count). The highest BCUT2D eigenvalue weighted by atomic mass is 16.5. The van der Waals surface area contributed by atoms with E-state index in [1.165, 1.54) is 7.11 Å². The Hall–Kier alpha value is -2.37. The third kappa shape index (κ3) is 3.09. The molecule has 2 aromatic rings. The summed E-state index contributed by atoms with van der Waals surface area (Å²) in [5.41, 5.74) is 0.685. The van der Waals surface area contributed by atoms with Crippen LogP contribution in [0.15, 0.2) is 28.9 Å². The van der Waals surface area contributed by atoms with Gasteiger partial charge in [-0.05, 0) is 26.0 Å². The zero-order valence-electron chi connectivity index (χ0n) is 11.0. The maximum Gasteiger partial charge on any atom is 0.376 e. The molecule has 1 atom stereocenters. The van der Waals surface area contributed by atoms with Gasteiger partial charge in [0.05, 0.1) is 19.4 Å². The van der Waals surface area contributed by atoms with Crippen molar-refractivity contribution >= 4 is 11.8 Å². The van der Waals surface area contributed by atoms with Gasteiger partial charge in [-0.2, -0.15) is 0 Å². The SMILES string of the molecule is COC(=O)c1nc(C)cc(NC(C)c2ccco2)n1. The van der Waals surface area contributed by atoms with Crippen molar-refractivity contribution in [1.82, 2.24) is 9.97 Å². The molecule has 0 spiro atoms. The molecular weight excluding hydrogens is 246 g/mol. The van der Waals surface area contributed by atoms with Crippen molar-refractivity contribution in [3.05, 3.63) is 41.7 Å². The van der Waals surface area contributed by atoms with Crippen molar-refractivity contribution in [3.8, 4) is 0 Å². The molecule has 0 amide bonds. The molecule has 1 N–H and O–H groups in total. The first kappa shape index (κ1) is 13.1. The fourth-order valence-corrected chi connectivity index (χ4v) is 1.66. The molecule has 0 aliphatic heterocycles. The Morgan fingerprint density at radius 2 is 2.26 bits per heavy atom. The normalized spacial score (nSPS) is 11.9. The monoisotopic (exact) mass is 261 g/mol. The lowest BCUT2D eigenvalue weighted by molar-refractivity contribution is 0.0586. The second kappa shape index (κ2) is 5.51. The van der Waals surface area contributed by atoms with Crippen LogP contribution in [0.4, 0.5) is 5.82 Å². The van der Waals surface area contributed by atoms with E-state index in [4.69, 9.17) is 4.42 Å². The van der Waals surface area contributed by atoms with Gasteiger partial charge in [0.1, 0.15) is 11.6 Å². The van der Waals surface area contributed by atoms with Crippen molar-refractivity contribution in [2.75, 3.05) is 12.4 Å². The van der Waals surface area contributed by atoms with E-state index < -0.39 is 5.97 Å². The number of furan rings is 1. The number of nitrogens with zero attached hydrogens (tertiary/aromatic N) is 2. The summed E-state index contributed by atoms with van der Waals surface area (Å²) in [4.78, 5) is 19.6. The van der Waals surface area contributed by atoms with Crippen LogP contribution in [0.3, 0.4) is 0 Å². The summed E-state index contributed by atoms with van der Waals surface area (Å²) >= 11 is 0. The Bertz CT molecular complexity index is 567. The van der Waals surface area contributed by atoms with E-state index in [1.54, 1.807) is 19.3 Å². The number of ether oxygens (including phenoxy) is 1. The molecule has 1 unspecified atom stereocenters. The Balaban J connectivity index is 2.20. The van der Waals surface area contributed by atoms with Crippen LogP contribution in [0.2, 0.25) is 0 Å². The van der Waals surface area contributed by atoms with Crippen LogP contribution >= 0.6 is 0 Å². The van der Waals surface area contributed by atoms with Crippen LogP contribution in [-0.4, -0.2) is 23.0 Å². The van der Waals surface area contributed by atoms with E-state index in [0.29, 0.717) is 11.5 Å². The minimum atomic E-state index is -0.558. The van der Waals surface area contributed by atoms with E-state index in [9.17, 15) is 4.79 Å². The van der Waals surface area contributed by atoms with Gasteiger partial charge in [-0.25, -0.2) is 14.8 Å². The fraction of sp³-hybridized carbons (Fsp3) is 0.308. The van der Waals surface area contributed by atoms with Crippen molar-refractivity contribution in [2.24, 2.45) is 0 Å². The molecule has 2 heterocycles. The van der Waals surface area contributed by atoms with E-state index in [1.807, 2.05) is 19.1 Å². The highest BCUT2D eigenvalue weighted by Gasteiger charge is 2.14. The lowest BCUT2D eigenvalue weighted by atomic mass is 10.2. The number of methoxy groups -OCH3 is 1. The van der Waals surface area contributed by atoms with Gasteiger partial charge in [-0.1, -0.05) is 0 Å². The summed E-state index contributed by atoms with van der Waals surface area (Å²) in [6.07, 6.45) is 1.61. The number of esters is 1. The molecule has 19 heavy (non-hydrogen) atoms. The van der Waals surface area contributed by atoms with Crippen LogP contribution in [-0.2, 0) is 4.74 Å². The standard InChI is InChI=1S/C13H15N3O3/c1-8-7-11(16-12(14-8)13(17)18-3)15-9(2)10-5-4-6-19-10/h4-7,9H,1-3H3,(H,14,15,16). The number of hydrogen-bond donors (Lipinski definition) is 1. The molecule has 6 nitrogen and oxygen atoms in total. The average Bonchev–Trinajstić information content (AvgIpc) is 2.91. The van der Waals surface area contributed by atoms with Crippen LogP contribution in [0.5, 0.6) is 0 Å². The molecule has 100 valence electrons. The quantitative estimate of drug-likeness (QED) is 0.851. The molecule has 0 saturated heterocycles. The highest BCUT2D eigenvalue weighted by Crippen LogP contribution is 2.18. The smallest absolute Gasteiger partial charge is 0.376 e. The van der Waals surface area contributed by atoms with Gasteiger partial charge < -0.3 is 14.5 Å². The molecule has 0 fully saturated rings. The molecule has 2 aromatic heterocycles. The molecular formula is C13H15N3O3. The van der Waals surface area contributed by atoms with Gasteiger partial charge in [0, 0.05) is 11.8 Å². The van der Waals surface area contributed by atoms with Crippen molar-refractivity contribution in [3.63, 3.8) is 0 Å². The summed E-state index contributed by atoms with van der Waals surface area (Å²) < 4.78 is 9.91. The summed E-state index contributed by atoms with van der Waals surface area (Å²) in [7, 11) is 1.30. The van der Waals surface area contributed by atoms with Crippen molar-refractivity contribution in [2.45, 2.75) is 19.9 Å². The largest absolute Gasteiger partial charge is 0.467 e. The molecule has 0 radical (unpaired) electrons. The molecule has 0 aromatic carbocycles. The van der Waals surface area contributed by atoms with Crippen LogP contribution < -0.4 is 5.32 Å². The minimum Gasteiger partial charge on any atom is -0.467 e. The van der Waals surface area contributed by atoms with Crippen LogP contribution in [0.25, 0.3) is 0 Å². The fourth-order valence-electron chi connectivity index (χ4n) is 1.66. The van der Waals surface area contributed by atoms with Crippen LogP contribution in [0.1, 0.15) is 35.0 Å². The maximum absolute atomic E-state index is 11.4. The number of carbonyl (C=O) groups is 1. The van der Waals surface area contributed by atoms with E-state index in [-0.39, 0.29) is 11.9 Å². The van der Waals surface area contributed by atoms with Gasteiger partial charge in [-0.15, -0.1) is 0 Å². The molecule has 0 saturated carbocycles. The topological polar surface area (TPSA) is 77.2 Å². The lowest BCUT2D eigenvalue weighted by Gasteiger charge is -2.12. The number of aryl methyl sites for hydroxylation is 1. The number of hydrogen-bond acceptors (Lipinski definition) is 6. The van der Waals surface area contributed by atoms with E-state index in [0.717, 1.165) is 5.76 Å². The summed E-state index contributed by atoms with van der Waals surface area (Å²) in [6, 6.07) is 5.38. The van der Waals surface area contributed by atoms with Crippen molar-refractivity contribution in [1.29, 1.82) is 0 Å². The van der Waals surface area contributed by atoms with Crippen molar-refractivity contribution < 1.29 is 13.9 Å². The zero-order valence-corrected chi connectivity index (χ0v) is 11.0. The summed E-state index contributed by atoms with van der Waals surface area (Å²) in [5, 5.41) is 3.15. The number of aromatic nitrogens is 2.